The molecule has 0 saturated carbocycles. The molecule has 0 aliphatic carbocycles. The normalized spacial score (nSPS) is 14.7. The maximum absolute atomic E-state index is 13.5. The summed E-state index contributed by atoms with van der Waals surface area (Å²) in [7, 11) is 0. The number of rotatable bonds is 4. The highest BCUT2D eigenvalue weighted by atomic mass is 19.3. The molecule has 0 spiro atoms. The fourth-order valence-corrected chi connectivity index (χ4v) is 1.92. The van der Waals surface area contributed by atoms with Gasteiger partial charge >= 0.3 is 0 Å². The van der Waals surface area contributed by atoms with Gasteiger partial charge in [-0.15, -0.1) is 0 Å². The van der Waals surface area contributed by atoms with Gasteiger partial charge < -0.3 is 14.3 Å². The Balaban J connectivity index is 2.41. The van der Waals surface area contributed by atoms with Crippen molar-refractivity contribution in [3.63, 3.8) is 0 Å². The standard InChI is InChI=1S/C12H15F2NO3/c1-12(13,14)9-7-11-10(16-4-5-17-11)6-8(9)2-3-18-15/h6-7H,2-5,15H2,1H3. The first-order valence-corrected chi connectivity index (χ1v) is 5.65. The molecule has 1 heterocycles. The molecule has 0 bridgehead atoms. The van der Waals surface area contributed by atoms with Gasteiger partial charge in [0.15, 0.2) is 11.5 Å². The third-order valence-electron chi connectivity index (χ3n) is 2.73. The van der Waals surface area contributed by atoms with Crippen molar-refractivity contribution in [2.75, 3.05) is 19.8 Å². The first-order valence-electron chi connectivity index (χ1n) is 5.65. The van der Waals surface area contributed by atoms with Crippen LogP contribution in [0.3, 0.4) is 0 Å². The maximum Gasteiger partial charge on any atom is 0.270 e. The average Bonchev–Trinajstić information content (AvgIpc) is 2.34. The van der Waals surface area contributed by atoms with Crippen molar-refractivity contribution in [3.05, 3.63) is 23.3 Å². The lowest BCUT2D eigenvalue weighted by Gasteiger charge is -2.23. The minimum absolute atomic E-state index is 0.0798. The van der Waals surface area contributed by atoms with Crippen LogP contribution in [0.5, 0.6) is 11.5 Å². The molecule has 1 aliphatic heterocycles. The summed E-state index contributed by atoms with van der Waals surface area (Å²) in [6.45, 7) is 1.81. The Labute approximate surface area is 104 Å². The number of benzene rings is 1. The molecule has 6 heteroatoms. The molecule has 0 aromatic heterocycles. The monoisotopic (exact) mass is 259 g/mol. The highest BCUT2D eigenvalue weighted by molar-refractivity contribution is 5.49. The van der Waals surface area contributed by atoms with Crippen LogP contribution in [0.1, 0.15) is 18.1 Å². The fraction of sp³-hybridized carbons (Fsp3) is 0.500. The lowest BCUT2D eigenvalue weighted by atomic mass is 9.99. The van der Waals surface area contributed by atoms with Gasteiger partial charge in [-0.2, -0.15) is 0 Å². The average molecular weight is 259 g/mol. The maximum atomic E-state index is 13.5. The first-order chi connectivity index (χ1) is 8.52. The van der Waals surface area contributed by atoms with Crippen molar-refractivity contribution >= 4 is 0 Å². The van der Waals surface area contributed by atoms with Crippen LogP contribution in [0.4, 0.5) is 8.78 Å². The molecule has 0 fully saturated rings. The third-order valence-corrected chi connectivity index (χ3v) is 2.73. The van der Waals surface area contributed by atoms with Gasteiger partial charge in [-0.3, -0.25) is 0 Å². The molecule has 1 aromatic rings. The topological polar surface area (TPSA) is 53.7 Å². The SMILES string of the molecule is CC(F)(F)c1cc2c(cc1CCON)OCCO2. The molecule has 1 aliphatic rings. The number of halogens is 2. The van der Waals surface area contributed by atoms with Gasteiger partial charge in [0.25, 0.3) is 5.92 Å². The summed E-state index contributed by atoms with van der Waals surface area (Å²) in [5, 5.41) is 0. The zero-order valence-electron chi connectivity index (χ0n) is 10.0. The van der Waals surface area contributed by atoms with E-state index in [4.69, 9.17) is 15.4 Å². The zero-order valence-corrected chi connectivity index (χ0v) is 10.0. The summed E-state index contributed by atoms with van der Waals surface area (Å²) in [6.07, 6.45) is 0.298. The molecule has 0 radical (unpaired) electrons. The molecule has 100 valence electrons. The number of alkyl halides is 2. The molecule has 4 nitrogen and oxygen atoms in total. The molecule has 1 aromatic carbocycles. The predicted molar refractivity (Wildman–Crippen MR) is 60.8 cm³/mol. The fourth-order valence-electron chi connectivity index (χ4n) is 1.92. The molecular weight excluding hydrogens is 244 g/mol. The van der Waals surface area contributed by atoms with Crippen molar-refractivity contribution in [2.45, 2.75) is 19.3 Å². The van der Waals surface area contributed by atoms with Gasteiger partial charge in [-0.05, 0) is 24.1 Å². The van der Waals surface area contributed by atoms with E-state index >= 15 is 0 Å². The molecule has 0 saturated heterocycles. The largest absolute Gasteiger partial charge is 0.486 e. The van der Waals surface area contributed by atoms with Gasteiger partial charge in [0.05, 0.1) is 6.61 Å². The van der Waals surface area contributed by atoms with E-state index in [1.807, 2.05) is 0 Å². The van der Waals surface area contributed by atoms with Crippen LogP contribution in [0.15, 0.2) is 12.1 Å². The number of nitrogens with two attached hydrogens (primary N) is 1. The van der Waals surface area contributed by atoms with Crippen molar-refractivity contribution in [2.24, 2.45) is 5.90 Å². The summed E-state index contributed by atoms with van der Waals surface area (Å²) in [4.78, 5) is 4.44. The van der Waals surface area contributed by atoms with Crippen LogP contribution >= 0.6 is 0 Å². The Morgan fingerprint density at radius 2 is 1.89 bits per heavy atom. The number of hydrogen-bond donors (Lipinski definition) is 1. The van der Waals surface area contributed by atoms with Gasteiger partial charge in [0, 0.05) is 12.5 Å². The second-order valence-electron chi connectivity index (χ2n) is 4.16. The Morgan fingerprint density at radius 3 is 2.44 bits per heavy atom. The second-order valence-corrected chi connectivity index (χ2v) is 4.16. The Bertz CT molecular complexity index is 432. The second kappa shape index (κ2) is 5.07. The Kier molecular flexibility index (Phi) is 3.68. The van der Waals surface area contributed by atoms with E-state index < -0.39 is 5.92 Å². The quantitative estimate of drug-likeness (QED) is 0.840. The number of fused-ring (bicyclic) bond motifs is 1. The Hall–Kier alpha value is -1.40. The molecule has 2 N–H and O–H groups in total. The first kappa shape index (κ1) is 13.0. The van der Waals surface area contributed by atoms with E-state index in [1.54, 1.807) is 6.07 Å². The van der Waals surface area contributed by atoms with Crippen LogP contribution < -0.4 is 15.4 Å². The summed E-state index contributed by atoms with van der Waals surface area (Å²) >= 11 is 0. The van der Waals surface area contributed by atoms with Gasteiger partial charge in [0.2, 0.25) is 0 Å². The molecular formula is C12H15F2NO3. The van der Waals surface area contributed by atoms with Crippen LogP contribution in [0, 0.1) is 0 Å². The van der Waals surface area contributed by atoms with E-state index in [1.165, 1.54) is 6.07 Å². The van der Waals surface area contributed by atoms with Crippen LogP contribution in [0.2, 0.25) is 0 Å². The highest BCUT2D eigenvalue weighted by Gasteiger charge is 2.30. The van der Waals surface area contributed by atoms with Gasteiger partial charge in [0.1, 0.15) is 13.2 Å². The summed E-state index contributed by atoms with van der Waals surface area (Å²) in [5.41, 5.74) is 0.376. The summed E-state index contributed by atoms with van der Waals surface area (Å²) in [5.74, 6) is 2.83. The molecule has 0 unspecified atom stereocenters. The van der Waals surface area contributed by atoms with Crippen molar-refractivity contribution in [1.29, 1.82) is 0 Å². The van der Waals surface area contributed by atoms with Crippen molar-refractivity contribution in [1.82, 2.24) is 0 Å². The lowest BCUT2D eigenvalue weighted by Crippen LogP contribution is -2.19. The van der Waals surface area contributed by atoms with Crippen LogP contribution in [-0.2, 0) is 17.2 Å². The van der Waals surface area contributed by atoms with Crippen LogP contribution in [-0.4, -0.2) is 19.8 Å². The third kappa shape index (κ3) is 2.70. The highest BCUT2D eigenvalue weighted by Crippen LogP contribution is 2.39. The molecule has 2 rings (SSSR count). The molecule has 0 amide bonds. The Morgan fingerprint density at radius 1 is 1.28 bits per heavy atom. The minimum Gasteiger partial charge on any atom is -0.486 e. The van der Waals surface area contributed by atoms with E-state index in [-0.39, 0.29) is 12.2 Å². The summed E-state index contributed by atoms with van der Waals surface area (Å²) in [6, 6.07) is 2.90. The van der Waals surface area contributed by atoms with E-state index in [0.29, 0.717) is 36.7 Å². The van der Waals surface area contributed by atoms with Gasteiger partial charge in [-0.25, -0.2) is 14.7 Å². The number of hydrogen-bond acceptors (Lipinski definition) is 4. The van der Waals surface area contributed by atoms with E-state index in [0.717, 1.165) is 6.92 Å². The number of ether oxygens (including phenoxy) is 2. The molecule has 18 heavy (non-hydrogen) atoms. The van der Waals surface area contributed by atoms with Gasteiger partial charge in [-0.1, -0.05) is 0 Å². The van der Waals surface area contributed by atoms with Crippen LogP contribution in [0.25, 0.3) is 0 Å². The zero-order chi connectivity index (χ0) is 13.2. The predicted octanol–water partition coefficient (Wildman–Crippen LogP) is 2.00. The summed E-state index contributed by atoms with van der Waals surface area (Å²) < 4.78 is 37.8. The molecule has 0 atom stereocenters. The van der Waals surface area contributed by atoms with Crippen molar-refractivity contribution < 1.29 is 23.1 Å². The van der Waals surface area contributed by atoms with E-state index in [9.17, 15) is 8.78 Å². The minimum atomic E-state index is -2.94. The van der Waals surface area contributed by atoms with E-state index in [2.05, 4.69) is 4.84 Å². The smallest absolute Gasteiger partial charge is 0.270 e. The van der Waals surface area contributed by atoms with Crippen molar-refractivity contribution in [3.8, 4) is 11.5 Å². The lowest BCUT2D eigenvalue weighted by molar-refractivity contribution is 0.0155.